The fourth-order valence-electron chi connectivity index (χ4n) is 3.51. The van der Waals surface area contributed by atoms with Crippen LogP contribution in [-0.4, -0.2) is 4.98 Å². The number of pyridine rings is 1. The summed E-state index contributed by atoms with van der Waals surface area (Å²) in [5, 5.41) is 0. The van der Waals surface area contributed by atoms with Crippen molar-refractivity contribution in [1.29, 1.82) is 0 Å². The predicted molar refractivity (Wildman–Crippen MR) is 83.9 cm³/mol. The third-order valence-corrected chi connectivity index (χ3v) is 4.94. The first kappa shape index (κ1) is 16.0. The lowest BCUT2D eigenvalue weighted by molar-refractivity contribution is 0.373. The van der Waals surface area contributed by atoms with E-state index in [1.807, 2.05) is 0 Å². The Kier molecular flexibility index (Phi) is 4.69. The summed E-state index contributed by atoms with van der Waals surface area (Å²) in [6.45, 7) is 2.13. The minimum atomic E-state index is -1.36. The average Bonchev–Trinajstić information content (AvgIpc) is 2.58. The Hall–Kier alpha value is -1.84. The van der Waals surface area contributed by atoms with Gasteiger partial charge in [0.1, 0.15) is 0 Å². The molecule has 2 aromatic rings. The number of aromatic nitrogens is 1. The normalized spacial score (nSPS) is 21.4. The molecule has 3 rings (SSSR count). The van der Waals surface area contributed by atoms with Gasteiger partial charge in [-0.1, -0.05) is 31.2 Å². The van der Waals surface area contributed by atoms with Crippen molar-refractivity contribution in [2.45, 2.75) is 50.9 Å². The van der Waals surface area contributed by atoms with Gasteiger partial charge >= 0.3 is 0 Å². The summed E-state index contributed by atoms with van der Waals surface area (Å²) < 4.78 is 40.1. The number of hydrogen-bond acceptors (Lipinski definition) is 1. The maximum Gasteiger partial charge on any atom is 0.251 e. The van der Waals surface area contributed by atoms with Gasteiger partial charge in [0.25, 0.3) is 5.95 Å². The fraction of sp³-hybridized carbons (Fsp3) is 0.421. The van der Waals surface area contributed by atoms with Gasteiger partial charge in [0.15, 0.2) is 5.82 Å². The number of halogens is 3. The quantitative estimate of drug-likeness (QED) is 0.680. The van der Waals surface area contributed by atoms with E-state index in [2.05, 4.69) is 36.2 Å². The van der Waals surface area contributed by atoms with Crippen LogP contribution in [0.3, 0.4) is 0 Å². The Morgan fingerprint density at radius 3 is 2.13 bits per heavy atom. The van der Waals surface area contributed by atoms with Crippen LogP contribution in [0.5, 0.6) is 0 Å². The van der Waals surface area contributed by atoms with E-state index in [0.29, 0.717) is 5.92 Å². The van der Waals surface area contributed by atoms with Gasteiger partial charge in [0.2, 0.25) is 5.95 Å². The SMILES string of the molecule is CCc1ccc(C2CCC(c3cc(F)c(F)nc3F)CC2)cc1. The highest BCUT2D eigenvalue weighted by molar-refractivity contribution is 5.27. The van der Waals surface area contributed by atoms with E-state index in [-0.39, 0.29) is 11.5 Å². The smallest absolute Gasteiger partial charge is 0.202 e. The Morgan fingerprint density at radius 2 is 1.52 bits per heavy atom. The summed E-state index contributed by atoms with van der Waals surface area (Å²) in [4.78, 5) is 3.04. The van der Waals surface area contributed by atoms with Crippen molar-refractivity contribution >= 4 is 0 Å². The van der Waals surface area contributed by atoms with Crippen molar-refractivity contribution in [3.05, 3.63) is 64.7 Å². The van der Waals surface area contributed by atoms with Crippen LogP contribution in [0, 0.1) is 17.7 Å². The van der Waals surface area contributed by atoms with Crippen LogP contribution in [0.2, 0.25) is 0 Å². The van der Waals surface area contributed by atoms with Crippen molar-refractivity contribution < 1.29 is 13.2 Å². The van der Waals surface area contributed by atoms with E-state index in [9.17, 15) is 13.2 Å². The van der Waals surface area contributed by atoms with Gasteiger partial charge < -0.3 is 0 Å². The molecular formula is C19H20F3N. The lowest BCUT2D eigenvalue weighted by Crippen LogP contribution is -2.14. The molecule has 122 valence electrons. The van der Waals surface area contributed by atoms with E-state index >= 15 is 0 Å². The molecule has 0 unspecified atom stereocenters. The molecule has 0 aliphatic heterocycles. The molecule has 0 atom stereocenters. The lowest BCUT2D eigenvalue weighted by Gasteiger charge is -2.29. The zero-order chi connectivity index (χ0) is 16.4. The molecule has 0 spiro atoms. The maximum absolute atomic E-state index is 13.8. The molecule has 1 heterocycles. The number of aryl methyl sites for hydroxylation is 1. The first-order valence-corrected chi connectivity index (χ1v) is 8.18. The van der Waals surface area contributed by atoms with Gasteiger partial charge in [0, 0.05) is 5.56 Å². The Morgan fingerprint density at radius 1 is 0.913 bits per heavy atom. The van der Waals surface area contributed by atoms with E-state index in [0.717, 1.165) is 38.2 Å². The summed E-state index contributed by atoms with van der Waals surface area (Å²) in [6.07, 6.45) is 4.41. The summed E-state index contributed by atoms with van der Waals surface area (Å²) in [6, 6.07) is 9.62. The predicted octanol–water partition coefficient (Wildman–Crippen LogP) is 5.50. The molecule has 1 aliphatic rings. The van der Waals surface area contributed by atoms with Crippen molar-refractivity contribution in [2.24, 2.45) is 0 Å². The van der Waals surface area contributed by atoms with Crippen molar-refractivity contribution in [2.75, 3.05) is 0 Å². The van der Waals surface area contributed by atoms with Crippen LogP contribution >= 0.6 is 0 Å². The van der Waals surface area contributed by atoms with E-state index in [1.165, 1.54) is 11.1 Å². The Labute approximate surface area is 134 Å². The molecule has 0 N–H and O–H groups in total. The van der Waals surface area contributed by atoms with Crippen LogP contribution in [0.4, 0.5) is 13.2 Å². The molecule has 23 heavy (non-hydrogen) atoms. The van der Waals surface area contributed by atoms with Crippen molar-refractivity contribution in [1.82, 2.24) is 4.98 Å². The topological polar surface area (TPSA) is 12.9 Å². The first-order valence-electron chi connectivity index (χ1n) is 8.18. The highest BCUT2D eigenvalue weighted by atomic mass is 19.2. The van der Waals surface area contributed by atoms with E-state index in [4.69, 9.17) is 0 Å². The monoisotopic (exact) mass is 319 g/mol. The lowest BCUT2D eigenvalue weighted by atomic mass is 9.76. The zero-order valence-corrected chi connectivity index (χ0v) is 13.2. The number of benzene rings is 1. The van der Waals surface area contributed by atoms with Crippen molar-refractivity contribution in [3.8, 4) is 0 Å². The molecule has 4 heteroatoms. The van der Waals surface area contributed by atoms with E-state index in [1.54, 1.807) is 0 Å². The molecule has 0 radical (unpaired) electrons. The van der Waals surface area contributed by atoms with Crippen LogP contribution in [0.25, 0.3) is 0 Å². The fourth-order valence-corrected chi connectivity index (χ4v) is 3.51. The third kappa shape index (κ3) is 3.41. The van der Waals surface area contributed by atoms with Crippen LogP contribution < -0.4 is 0 Å². The second kappa shape index (κ2) is 6.73. The second-order valence-electron chi connectivity index (χ2n) is 6.28. The second-order valence-corrected chi connectivity index (χ2v) is 6.28. The van der Waals surface area contributed by atoms with Gasteiger partial charge in [-0.25, -0.2) is 4.39 Å². The standard InChI is InChI=1S/C19H20F3N/c1-2-12-3-5-13(6-4-12)14-7-9-15(10-8-14)16-11-17(20)19(22)23-18(16)21/h3-6,11,14-15H,2,7-10H2,1H3. The largest absolute Gasteiger partial charge is 0.251 e. The minimum Gasteiger partial charge on any atom is -0.202 e. The summed E-state index contributed by atoms with van der Waals surface area (Å²) in [5.74, 6) is -2.93. The van der Waals surface area contributed by atoms with Gasteiger partial charge in [0.05, 0.1) is 0 Å². The van der Waals surface area contributed by atoms with Gasteiger partial charge in [-0.05, 0) is 61.1 Å². The summed E-state index contributed by atoms with van der Waals surface area (Å²) >= 11 is 0. The summed E-state index contributed by atoms with van der Waals surface area (Å²) in [5.41, 5.74) is 2.84. The zero-order valence-electron chi connectivity index (χ0n) is 13.2. The van der Waals surface area contributed by atoms with Gasteiger partial charge in [-0.15, -0.1) is 0 Å². The number of rotatable bonds is 3. The Balaban J connectivity index is 1.69. The molecule has 1 aromatic carbocycles. The molecule has 1 saturated carbocycles. The van der Waals surface area contributed by atoms with Gasteiger partial charge in [-0.3, -0.25) is 0 Å². The molecular weight excluding hydrogens is 299 g/mol. The molecule has 0 amide bonds. The third-order valence-electron chi connectivity index (χ3n) is 4.94. The highest BCUT2D eigenvalue weighted by Gasteiger charge is 2.27. The number of nitrogens with zero attached hydrogens (tertiary/aromatic N) is 1. The first-order chi connectivity index (χ1) is 11.1. The van der Waals surface area contributed by atoms with E-state index < -0.39 is 17.7 Å². The van der Waals surface area contributed by atoms with Crippen LogP contribution in [0.15, 0.2) is 30.3 Å². The van der Waals surface area contributed by atoms with Crippen LogP contribution in [-0.2, 0) is 6.42 Å². The average molecular weight is 319 g/mol. The summed E-state index contributed by atoms with van der Waals surface area (Å²) in [7, 11) is 0. The molecule has 1 aliphatic carbocycles. The minimum absolute atomic E-state index is 0.0798. The molecule has 1 aromatic heterocycles. The highest BCUT2D eigenvalue weighted by Crippen LogP contribution is 2.41. The molecule has 1 fully saturated rings. The van der Waals surface area contributed by atoms with Gasteiger partial charge in [-0.2, -0.15) is 13.8 Å². The number of hydrogen-bond donors (Lipinski definition) is 0. The molecule has 0 bridgehead atoms. The Bertz CT molecular complexity index is 674. The molecule has 0 saturated heterocycles. The van der Waals surface area contributed by atoms with Crippen LogP contribution in [0.1, 0.15) is 61.1 Å². The molecule has 1 nitrogen and oxygen atoms in total. The van der Waals surface area contributed by atoms with Crippen molar-refractivity contribution in [3.63, 3.8) is 0 Å². The maximum atomic E-state index is 13.8.